The van der Waals surface area contributed by atoms with Crippen molar-refractivity contribution in [1.82, 2.24) is 15.4 Å². The number of hydroxylamine groups is 1. The molecule has 0 fully saturated rings. The molecule has 0 atom stereocenters. The minimum absolute atomic E-state index is 0.0632. The van der Waals surface area contributed by atoms with Crippen molar-refractivity contribution < 1.29 is 14.8 Å². The smallest absolute Gasteiger partial charge is 0.243 e. The van der Waals surface area contributed by atoms with Gasteiger partial charge in [0.25, 0.3) is 0 Å². The molecule has 0 radical (unpaired) electrons. The number of nitrogens with one attached hydrogen (secondary N) is 4. The highest BCUT2D eigenvalue weighted by Crippen LogP contribution is 2.25. The van der Waals surface area contributed by atoms with Crippen molar-refractivity contribution in [3.05, 3.63) is 65.3 Å². The highest BCUT2D eigenvalue weighted by Gasteiger charge is 2.08. The number of amides is 2. The van der Waals surface area contributed by atoms with Crippen molar-refractivity contribution in [2.24, 2.45) is 0 Å². The third-order valence-electron chi connectivity index (χ3n) is 5.13. The summed E-state index contributed by atoms with van der Waals surface area (Å²) in [6.45, 7) is 2.01. The Morgan fingerprint density at radius 2 is 1.57 bits per heavy atom. The molecule has 2 aromatic carbocycles. The number of benzene rings is 2. The summed E-state index contributed by atoms with van der Waals surface area (Å²) in [7, 11) is 0. The summed E-state index contributed by atoms with van der Waals surface area (Å²) in [6.07, 6.45) is 5.32. The van der Waals surface area contributed by atoms with Crippen LogP contribution in [-0.2, 0) is 9.59 Å². The first-order valence-electron chi connectivity index (χ1n) is 11.4. The van der Waals surface area contributed by atoms with Crippen LogP contribution in [0.3, 0.4) is 0 Å². The van der Waals surface area contributed by atoms with Crippen LogP contribution in [0.2, 0.25) is 5.02 Å². The molecule has 0 aliphatic carbocycles. The van der Waals surface area contributed by atoms with Gasteiger partial charge in [-0.25, -0.2) is 10.5 Å². The zero-order chi connectivity index (χ0) is 25.0. The van der Waals surface area contributed by atoms with Gasteiger partial charge >= 0.3 is 0 Å². The molecular formula is C25H29ClN6O3. The maximum absolute atomic E-state index is 12.2. The van der Waals surface area contributed by atoms with Crippen LogP contribution in [0, 0.1) is 6.92 Å². The van der Waals surface area contributed by atoms with E-state index in [1.165, 1.54) is 6.20 Å². The lowest BCUT2D eigenvalue weighted by atomic mass is 10.1. The number of rotatable bonds is 12. The van der Waals surface area contributed by atoms with Crippen LogP contribution in [-0.4, -0.2) is 27.0 Å². The van der Waals surface area contributed by atoms with Gasteiger partial charge in [-0.2, -0.15) is 4.98 Å². The van der Waals surface area contributed by atoms with Gasteiger partial charge in [-0.3, -0.25) is 14.8 Å². The van der Waals surface area contributed by atoms with Gasteiger partial charge in [0.1, 0.15) is 5.02 Å². The van der Waals surface area contributed by atoms with E-state index in [1.807, 2.05) is 43.3 Å². The molecular weight excluding hydrogens is 468 g/mol. The Balaban J connectivity index is 1.47. The van der Waals surface area contributed by atoms with Crippen LogP contribution >= 0.6 is 11.6 Å². The highest BCUT2D eigenvalue weighted by molar-refractivity contribution is 6.32. The quantitative estimate of drug-likeness (QED) is 0.123. The maximum atomic E-state index is 12.2. The molecule has 1 heterocycles. The molecule has 0 aliphatic heterocycles. The summed E-state index contributed by atoms with van der Waals surface area (Å²) < 4.78 is 0. The van der Waals surface area contributed by atoms with Crippen molar-refractivity contribution >= 4 is 52.2 Å². The Kier molecular flexibility index (Phi) is 9.82. The molecule has 9 nitrogen and oxygen atoms in total. The Morgan fingerprint density at radius 3 is 2.26 bits per heavy atom. The van der Waals surface area contributed by atoms with Crippen LogP contribution in [0.1, 0.15) is 44.1 Å². The fraction of sp³-hybridized carbons (Fsp3) is 0.280. The van der Waals surface area contributed by atoms with E-state index in [0.717, 1.165) is 36.2 Å². The predicted molar refractivity (Wildman–Crippen MR) is 137 cm³/mol. The SMILES string of the molecule is Cc1cccc(Nc2nc(Nc3ccc(NC(=O)CCCCCCC(=O)NO)cc3)ncc2Cl)c1. The van der Waals surface area contributed by atoms with Gasteiger partial charge in [-0.05, 0) is 61.7 Å². The molecule has 184 valence electrons. The molecule has 10 heteroatoms. The number of aromatic nitrogens is 2. The number of hydrogen-bond donors (Lipinski definition) is 5. The van der Waals surface area contributed by atoms with E-state index in [9.17, 15) is 9.59 Å². The number of unbranched alkanes of at least 4 members (excludes halogenated alkanes) is 3. The van der Waals surface area contributed by atoms with Crippen molar-refractivity contribution in [2.45, 2.75) is 45.4 Å². The Hall–Kier alpha value is -3.69. The lowest BCUT2D eigenvalue weighted by Gasteiger charge is -2.11. The molecule has 0 spiro atoms. The second-order valence-corrected chi connectivity index (χ2v) is 8.49. The Labute approximate surface area is 209 Å². The van der Waals surface area contributed by atoms with Gasteiger partial charge in [0.05, 0.1) is 6.20 Å². The Bertz CT molecular complexity index is 1140. The van der Waals surface area contributed by atoms with Gasteiger partial charge in [0.15, 0.2) is 5.82 Å². The summed E-state index contributed by atoms with van der Waals surface area (Å²) >= 11 is 6.26. The zero-order valence-electron chi connectivity index (χ0n) is 19.5. The Morgan fingerprint density at radius 1 is 0.886 bits per heavy atom. The normalized spacial score (nSPS) is 10.5. The van der Waals surface area contributed by atoms with E-state index >= 15 is 0 Å². The number of hydrogen-bond acceptors (Lipinski definition) is 7. The molecule has 0 saturated carbocycles. The number of halogens is 1. The second-order valence-electron chi connectivity index (χ2n) is 8.08. The van der Waals surface area contributed by atoms with Crippen LogP contribution in [0.5, 0.6) is 0 Å². The minimum Gasteiger partial charge on any atom is -0.339 e. The summed E-state index contributed by atoms with van der Waals surface area (Å²) in [4.78, 5) is 31.8. The van der Waals surface area contributed by atoms with Crippen LogP contribution in [0.4, 0.5) is 28.8 Å². The monoisotopic (exact) mass is 496 g/mol. The number of nitrogens with zero attached hydrogens (tertiary/aromatic N) is 2. The molecule has 1 aromatic heterocycles. The van der Waals surface area contributed by atoms with E-state index in [1.54, 1.807) is 17.6 Å². The lowest BCUT2D eigenvalue weighted by molar-refractivity contribution is -0.129. The van der Waals surface area contributed by atoms with E-state index in [0.29, 0.717) is 35.3 Å². The number of anilines is 5. The lowest BCUT2D eigenvalue weighted by Crippen LogP contribution is -2.17. The standard InChI is InChI=1S/C25H29ClN6O3/c1-17-7-6-8-20(15-17)29-24-21(26)16-27-25(31-24)30-19-13-11-18(12-14-19)28-22(33)9-4-2-3-5-10-23(34)32-35/h6-8,11-16,35H,2-5,9-10H2,1H3,(H,28,33)(H,32,34)(H2,27,29,30,31). The predicted octanol–water partition coefficient (Wildman–Crippen LogP) is 5.71. The number of aryl methyl sites for hydroxylation is 1. The first kappa shape index (κ1) is 25.9. The maximum Gasteiger partial charge on any atom is 0.243 e. The van der Waals surface area contributed by atoms with E-state index in [2.05, 4.69) is 25.9 Å². The zero-order valence-corrected chi connectivity index (χ0v) is 20.2. The van der Waals surface area contributed by atoms with E-state index in [4.69, 9.17) is 16.8 Å². The third kappa shape index (κ3) is 8.88. The molecule has 5 N–H and O–H groups in total. The molecule has 0 saturated heterocycles. The highest BCUT2D eigenvalue weighted by atomic mass is 35.5. The average Bonchev–Trinajstić information content (AvgIpc) is 2.84. The number of carbonyl (C=O) groups is 2. The van der Waals surface area contributed by atoms with E-state index in [-0.39, 0.29) is 18.2 Å². The number of carbonyl (C=O) groups excluding carboxylic acids is 2. The third-order valence-corrected chi connectivity index (χ3v) is 5.41. The molecule has 0 aliphatic rings. The molecule has 2 amide bonds. The molecule has 0 bridgehead atoms. The molecule has 3 aromatic rings. The van der Waals surface area contributed by atoms with Gasteiger partial charge in [0, 0.05) is 29.9 Å². The minimum atomic E-state index is -0.386. The summed E-state index contributed by atoms with van der Waals surface area (Å²) in [5, 5.41) is 18.1. The largest absolute Gasteiger partial charge is 0.339 e. The van der Waals surface area contributed by atoms with Gasteiger partial charge < -0.3 is 16.0 Å². The fourth-order valence-electron chi connectivity index (χ4n) is 3.34. The summed E-state index contributed by atoms with van der Waals surface area (Å²) in [5.41, 5.74) is 5.07. The van der Waals surface area contributed by atoms with E-state index < -0.39 is 0 Å². The van der Waals surface area contributed by atoms with Gasteiger partial charge in [-0.1, -0.05) is 36.6 Å². The van der Waals surface area contributed by atoms with Crippen molar-refractivity contribution in [3.8, 4) is 0 Å². The molecule has 0 unspecified atom stereocenters. The fourth-order valence-corrected chi connectivity index (χ4v) is 3.48. The summed E-state index contributed by atoms with van der Waals surface area (Å²) in [5.74, 6) is 0.433. The van der Waals surface area contributed by atoms with Gasteiger partial charge in [0.2, 0.25) is 17.8 Å². The average molecular weight is 497 g/mol. The van der Waals surface area contributed by atoms with Crippen molar-refractivity contribution in [3.63, 3.8) is 0 Å². The van der Waals surface area contributed by atoms with Crippen LogP contribution in [0.15, 0.2) is 54.7 Å². The van der Waals surface area contributed by atoms with Crippen LogP contribution in [0.25, 0.3) is 0 Å². The van der Waals surface area contributed by atoms with Gasteiger partial charge in [-0.15, -0.1) is 0 Å². The van der Waals surface area contributed by atoms with Crippen molar-refractivity contribution in [2.75, 3.05) is 16.0 Å². The topological polar surface area (TPSA) is 128 Å². The first-order chi connectivity index (χ1) is 16.9. The molecule has 35 heavy (non-hydrogen) atoms. The van der Waals surface area contributed by atoms with Crippen molar-refractivity contribution in [1.29, 1.82) is 0 Å². The summed E-state index contributed by atoms with van der Waals surface area (Å²) in [6, 6.07) is 15.2. The first-order valence-corrected chi connectivity index (χ1v) is 11.8. The second kappa shape index (κ2) is 13.3. The van der Waals surface area contributed by atoms with Crippen LogP contribution < -0.4 is 21.4 Å². The molecule has 3 rings (SSSR count).